The van der Waals surface area contributed by atoms with Gasteiger partial charge in [0.25, 0.3) is 5.91 Å². The number of nitrogens with zero attached hydrogens (tertiary/aromatic N) is 2. The van der Waals surface area contributed by atoms with E-state index in [0.717, 1.165) is 28.0 Å². The maximum atomic E-state index is 12.2. The Morgan fingerprint density at radius 3 is 2.57 bits per heavy atom. The van der Waals surface area contributed by atoms with Crippen molar-refractivity contribution in [3.05, 3.63) is 47.4 Å². The highest BCUT2D eigenvalue weighted by Crippen LogP contribution is 2.21. The first-order valence-electron chi connectivity index (χ1n) is 7.10. The van der Waals surface area contributed by atoms with Gasteiger partial charge in [-0.15, -0.1) is 0 Å². The van der Waals surface area contributed by atoms with E-state index < -0.39 is 0 Å². The van der Waals surface area contributed by atoms with Crippen molar-refractivity contribution in [3.63, 3.8) is 0 Å². The number of rotatable bonds is 4. The van der Waals surface area contributed by atoms with E-state index in [0.29, 0.717) is 11.6 Å². The van der Waals surface area contributed by atoms with Gasteiger partial charge in [0.15, 0.2) is 0 Å². The summed E-state index contributed by atoms with van der Waals surface area (Å²) in [6.07, 6.45) is 0. The molecule has 0 aliphatic rings. The number of hydrazine groups is 1. The molecule has 0 saturated carbocycles. The van der Waals surface area contributed by atoms with Crippen LogP contribution in [0.25, 0.3) is 10.9 Å². The van der Waals surface area contributed by atoms with E-state index in [4.69, 9.17) is 4.74 Å². The number of benzene rings is 1. The first kappa shape index (κ1) is 14.8. The molecular weight excluding hydrogens is 294 g/mol. The standard InChI is InChI=1S/C16H17N5O2/c1-9-6-10(2)18-16(17-9)21-20-15(22)14-7-11-4-5-12(23-3)8-13(11)19-14/h4-8,19H,1-3H3,(H,20,22)(H,17,18,21). The molecule has 7 nitrogen and oxygen atoms in total. The minimum absolute atomic E-state index is 0.303. The highest BCUT2D eigenvalue weighted by Gasteiger charge is 2.10. The first-order chi connectivity index (χ1) is 11.0. The molecule has 0 bridgehead atoms. The average Bonchev–Trinajstić information content (AvgIpc) is 2.94. The molecule has 0 saturated heterocycles. The molecular formula is C16H17N5O2. The molecule has 1 aromatic carbocycles. The Labute approximate surface area is 133 Å². The number of hydrogen-bond acceptors (Lipinski definition) is 5. The number of amides is 1. The number of aromatic amines is 1. The lowest BCUT2D eigenvalue weighted by molar-refractivity contribution is 0.0958. The number of aryl methyl sites for hydroxylation is 2. The molecule has 0 aliphatic carbocycles. The average molecular weight is 311 g/mol. The van der Waals surface area contributed by atoms with Crippen LogP contribution in [0.3, 0.4) is 0 Å². The number of carbonyl (C=O) groups is 1. The summed E-state index contributed by atoms with van der Waals surface area (Å²) in [6.45, 7) is 3.74. The summed E-state index contributed by atoms with van der Waals surface area (Å²) >= 11 is 0. The van der Waals surface area contributed by atoms with Crippen LogP contribution in [0.2, 0.25) is 0 Å². The van der Waals surface area contributed by atoms with Crippen LogP contribution in [-0.2, 0) is 0 Å². The second-order valence-corrected chi connectivity index (χ2v) is 5.19. The molecule has 23 heavy (non-hydrogen) atoms. The maximum Gasteiger partial charge on any atom is 0.286 e. The number of methoxy groups -OCH3 is 1. The van der Waals surface area contributed by atoms with Crippen LogP contribution in [0.15, 0.2) is 30.3 Å². The fraction of sp³-hybridized carbons (Fsp3) is 0.188. The van der Waals surface area contributed by atoms with E-state index in [-0.39, 0.29) is 5.91 Å². The second-order valence-electron chi connectivity index (χ2n) is 5.19. The predicted molar refractivity (Wildman–Crippen MR) is 87.4 cm³/mol. The molecule has 3 N–H and O–H groups in total. The van der Waals surface area contributed by atoms with E-state index in [9.17, 15) is 4.79 Å². The van der Waals surface area contributed by atoms with Gasteiger partial charge in [0.05, 0.1) is 7.11 Å². The van der Waals surface area contributed by atoms with Gasteiger partial charge < -0.3 is 9.72 Å². The third-order valence-corrected chi connectivity index (χ3v) is 3.34. The van der Waals surface area contributed by atoms with Crippen LogP contribution < -0.4 is 15.6 Å². The van der Waals surface area contributed by atoms with E-state index in [1.165, 1.54) is 0 Å². The van der Waals surface area contributed by atoms with Crippen molar-refractivity contribution in [3.8, 4) is 5.75 Å². The molecule has 3 rings (SSSR count). The van der Waals surface area contributed by atoms with Gasteiger partial charge in [-0.25, -0.2) is 9.97 Å². The van der Waals surface area contributed by atoms with Crippen molar-refractivity contribution in [1.82, 2.24) is 20.4 Å². The monoisotopic (exact) mass is 311 g/mol. The number of hydrogen-bond donors (Lipinski definition) is 3. The Morgan fingerprint density at radius 2 is 1.87 bits per heavy atom. The van der Waals surface area contributed by atoms with E-state index >= 15 is 0 Å². The largest absolute Gasteiger partial charge is 0.497 e. The van der Waals surface area contributed by atoms with Gasteiger partial charge in [0.1, 0.15) is 11.4 Å². The summed E-state index contributed by atoms with van der Waals surface area (Å²) in [5, 5.41) is 0.929. The predicted octanol–water partition coefficient (Wildman–Crippen LogP) is 2.34. The van der Waals surface area contributed by atoms with Gasteiger partial charge in [-0.2, -0.15) is 0 Å². The van der Waals surface area contributed by atoms with Crippen LogP contribution in [0, 0.1) is 13.8 Å². The Morgan fingerprint density at radius 1 is 1.13 bits per heavy atom. The lowest BCUT2D eigenvalue weighted by Gasteiger charge is -2.07. The summed E-state index contributed by atoms with van der Waals surface area (Å²) in [5.41, 5.74) is 8.23. The van der Waals surface area contributed by atoms with E-state index in [1.807, 2.05) is 38.1 Å². The van der Waals surface area contributed by atoms with E-state index in [2.05, 4.69) is 25.8 Å². The fourth-order valence-corrected chi connectivity index (χ4v) is 2.32. The van der Waals surface area contributed by atoms with Gasteiger partial charge in [-0.1, -0.05) is 0 Å². The minimum atomic E-state index is -0.303. The molecule has 0 spiro atoms. The molecule has 0 atom stereocenters. The molecule has 1 amide bonds. The van der Waals surface area contributed by atoms with Crippen LogP contribution >= 0.6 is 0 Å². The number of ether oxygens (including phenoxy) is 1. The summed E-state index contributed by atoms with van der Waals surface area (Å²) in [4.78, 5) is 23.7. The normalized spacial score (nSPS) is 10.6. The maximum absolute atomic E-state index is 12.2. The van der Waals surface area contributed by atoms with Crippen molar-refractivity contribution >= 4 is 22.8 Å². The summed E-state index contributed by atoms with van der Waals surface area (Å²) in [5.74, 6) is 0.782. The zero-order chi connectivity index (χ0) is 16.4. The summed E-state index contributed by atoms with van der Waals surface area (Å²) in [6, 6.07) is 9.21. The van der Waals surface area contributed by atoms with Crippen molar-refractivity contribution < 1.29 is 9.53 Å². The molecule has 0 fully saturated rings. The Bertz CT molecular complexity index is 852. The van der Waals surface area contributed by atoms with Crippen LogP contribution in [-0.4, -0.2) is 28.0 Å². The van der Waals surface area contributed by atoms with Crippen molar-refractivity contribution in [2.75, 3.05) is 12.5 Å². The molecule has 0 radical (unpaired) electrons. The number of carbonyl (C=O) groups excluding carboxylic acids is 1. The first-order valence-corrected chi connectivity index (χ1v) is 7.10. The smallest absolute Gasteiger partial charge is 0.286 e. The molecule has 7 heteroatoms. The number of anilines is 1. The highest BCUT2D eigenvalue weighted by molar-refractivity contribution is 5.98. The fourth-order valence-electron chi connectivity index (χ4n) is 2.32. The topological polar surface area (TPSA) is 91.9 Å². The van der Waals surface area contributed by atoms with Gasteiger partial charge in [0, 0.05) is 28.4 Å². The Balaban J connectivity index is 1.75. The number of aromatic nitrogens is 3. The SMILES string of the molecule is COc1ccc2cc(C(=O)NNc3nc(C)cc(C)n3)[nH]c2c1. The third-order valence-electron chi connectivity index (χ3n) is 3.34. The molecule has 2 aromatic heterocycles. The van der Waals surface area contributed by atoms with E-state index in [1.54, 1.807) is 13.2 Å². The summed E-state index contributed by atoms with van der Waals surface area (Å²) in [7, 11) is 1.60. The van der Waals surface area contributed by atoms with Crippen molar-refractivity contribution in [2.45, 2.75) is 13.8 Å². The minimum Gasteiger partial charge on any atom is -0.497 e. The molecule has 2 heterocycles. The number of nitrogens with one attached hydrogen (secondary N) is 3. The zero-order valence-electron chi connectivity index (χ0n) is 13.1. The molecule has 118 valence electrons. The summed E-state index contributed by atoms with van der Waals surface area (Å²) < 4.78 is 5.17. The third kappa shape index (κ3) is 3.23. The van der Waals surface area contributed by atoms with Crippen LogP contribution in [0.5, 0.6) is 5.75 Å². The lowest BCUT2D eigenvalue weighted by atomic mass is 10.2. The lowest BCUT2D eigenvalue weighted by Crippen LogP contribution is -2.30. The Hall–Kier alpha value is -3.09. The molecule has 0 unspecified atom stereocenters. The molecule has 3 aromatic rings. The Kier molecular flexibility index (Phi) is 3.84. The highest BCUT2D eigenvalue weighted by atomic mass is 16.5. The number of H-pyrrole nitrogens is 1. The molecule has 0 aliphatic heterocycles. The van der Waals surface area contributed by atoms with Gasteiger partial charge in [-0.3, -0.25) is 15.6 Å². The number of fused-ring (bicyclic) bond motifs is 1. The zero-order valence-corrected chi connectivity index (χ0v) is 13.1. The van der Waals surface area contributed by atoms with Gasteiger partial charge >= 0.3 is 0 Å². The van der Waals surface area contributed by atoms with Crippen LogP contribution in [0.4, 0.5) is 5.95 Å². The second kappa shape index (κ2) is 5.96. The van der Waals surface area contributed by atoms with Gasteiger partial charge in [-0.05, 0) is 38.1 Å². The van der Waals surface area contributed by atoms with Crippen molar-refractivity contribution in [2.24, 2.45) is 0 Å². The van der Waals surface area contributed by atoms with Crippen LogP contribution in [0.1, 0.15) is 21.9 Å². The van der Waals surface area contributed by atoms with Crippen molar-refractivity contribution in [1.29, 1.82) is 0 Å². The van der Waals surface area contributed by atoms with Gasteiger partial charge in [0.2, 0.25) is 5.95 Å². The quantitative estimate of drug-likeness (QED) is 0.643.